The zero-order valence-electron chi connectivity index (χ0n) is 11.2. The predicted octanol–water partition coefficient (Wildman–Crippen LogP) is 4.97. The van der Waals surface area contributed by atoms with Crippen LogP contribution in [0.4, 0.5) is 0 Å². The number of ether oxygens (including phenoxy) is 1. The molecule has 0 N–H and O–H groups in total. The minimum atomic E-state index is 0.734. The molecule has 0 aliphatic heterocycles. The van der Waals surface area contributed by atoms with Crippen LogP contribution in [0, 0.1) is 5.92 Å². The number of methoxy groups -OCH3 is 1. The molecule has 1 fully saturated rings. The summed E-state index contributed by atoms with van der Waals surface area (Å²) in [6, 6.07) is 8.51. The molecule has 2 atom stereocenters. The Hall–Kier alpha value is -0.500. The fourth-order valence-electron chi connectivity index (χ4n) is 2.81. The van der Waals surface area contributed by atoms with Crippen molar-refractivity contribution in [3.63, 3.8) is 0 Å². The minimum absolute atomic E-state index is 0.734. The van der Waals surface area contributed by atoms with Crippen molar-refractivity contribution in [3.8, 4) is 5.75 Å². The number of benzene rings is 1. The third kappa shape index (κ3) is 4.01. The van der Waals surface area contributed by atoms with Crippen LogP contribution < -0.4 is 4.74 Å². The molecule has 0 heterocycles. The Morgan fingerprint density at radius 1 is 1.11 bits per heavy atom. The summed E-state index contributed by atoms with van der Waals surface area (Å²) in [4.78, 5) is 0.734. The van der Waals surface area contributed by atoms with Gasteiger partial charge in [0.15, 0.2) is 0 Å². The molecule has 1 aliphatic rings. The second-order valence-electron chi connectivity index (χ2n) is 5.30. The van der Waals surface area contributed by atoms with Crippen molar-refractivity contribution in [1.82, 2.24) is 0 Å². The summed E-state index contributed by atoms with van der Waals surface area (Å²) in [7, 11) is 1.72. The molecule has 0 bridgehead atoms. The topological polar surface area (TPSA) is 9.23 Å². The fraction of sp³-hybridized carbons (Fsp3) is 0.625. The predicted molar refractivity (Wildman–Crippen MR) is 80.6 cm³/mol. The van der Waals surface area contributed by atoms with Gasteiger partial charge in [-0.05, 0) is 49.3 Å². The van der Waals surface area contributed by atoms with Gasteiger partial charge >= 0.3 is 0 Å². The zero-order chi connectivity index (χ0) is 12.8. The fourth-order valence-corrected chi connectivity index (χ4v) is 3.66. The molecule has 1 saturated carbocycles. The van der Waals surface area contributed by atoms with Gasteiger partial charge in [0, 0.05) is 4.83 Å². The number of hydrogen-bond donors (Lipinski definition) is 0. The van der Waals surface area contributed by atoms with E-state index in [1.54, 1.807) is 7.11 Å². The van der Waals surface area contributed by atoms with Gasteiger partial charge in [0.05, 0.1) is 7.11 Å². The highest BCUT2D eigenvalue weighted by molar-refractivity contribution is 9.09. The molecule has 2 unspecified atom stereocenters. The van der Waals surface area contributed by atoms with Gasteiger partial charge in [0.1, 0.15) is 5.75 Å². The molecule has 18 heavy (non-hydrogen) atoms. The van der Waals surface area contributed by atoms with Gasteiger partial charge in [-0.15, -0.1) is 0 Å². The summed E-state index contributed by atoms with van der Waals surface area (Å²) in [5, 5.41) is 0. The molecule has 0 amide bonds. The SMILES string of the molecule is COc1ccc(CCC2CCCCCC2Br)cc1. The number of aryl methyl sites for hydroxylation is 1. The Morgan fingerprint density at radius 3 is 2.56 bits per heavy atom. The van der Waals surface area contributed by atoms with Crippen molar-refractivity contribution in [2.45, 2.75) is 49.8 Å². The van der Waals surface area contributed by atoms with Gasteiger partial charge in [-0.2, -0.15) is 0 Å². The Bertz CT molecular complexity index is 347. The van der Waals surface area contributed by atoms with Crippen molar-refractivity contribution in [1.29, 1.82) is 0 Å². The number of hydrogen-bond acceptors (Lipinski definition) is 1. The normalized spacial score (nSPS) is 24.6. The van der Waals surface area contributed by atoms with E-state index in [9.17, 15) is 0 Å². The van der Waals surface area contributed by atoms with Crippen LogP contribution in [0.15, 0.2) is 24.3 Å². The summed E-state index contributed by atoms with van der Waals surface area (Å²) in [5.74, 6) is 1.81. The average Bonchev–Trinajstić information content (AvgIpc) is 2.62. The molecule has 0 saturated heterocycles. The second-order valence-corrected chi connectivity index (χ2v) is 6.48. The monoisotopic (exact) mass is 310 g/mol. The Labute approximate surface area is 119 Å². The number of halogens is 1. The molecule has 1 aromatic rings. The van der Waals surface area contributed by atoms with Crippen LogP contribution >= 0.6 is 15.9 Å². The third-order valence-electron chi connectivity index (χ3n) is 4.03. The first-order valence-electron chi connectivity index (χ1n) is 7.06. The third-order valence-corrected chi connectivity index (χ3v) is 5.23. The largest absolute Gasteiger partial charge is 0.497 e. The Balaban J connectivity index is 1.85. The first-order valence-corrected chi connectivity index (χ1v) is 7.98. The van der Waals surface area contributed by atoms with E-state index in [0.717, 1.165) is 16.5 Å². The van der Waals surface area contributed by atoms with Crippen LogP contribution in [0.3, 0.4) is 0 Å². The molecular formula is C16H23BrO. The van der Waals surface area contributed by atoms with E-state index >= 15 is 0 Å². The molecule has 2 rings (SSSR count). The maximum absolute atomic E-state index is 5.19. The lowest BCUT2D eigenvalue weighted by molar-refractivity contribution is 0.414. The quantitative estimate of drug-likeness (QED) is 0.563. The van der Waals surface area contributed by atoms with E-state index in [1.807, 2.05) is 0 Å². The average molecular weight is 311 g/mol. The number of alkyl halides is 1. The van der Waals surface area contributed by atoms with Crippen molar-refractivity contribution < 1.29 is 4.74 Å². The van der Waals surface area contributed by atoms with Gasteiger partial charge in [-0.25, -0.2) is 0 Å². The van der Waals surface area contributed by atoms with E-state index in [1.165, 1.54) is 50.5 Å². The highest BCUT2D eigenvalue weighted by Crippen LogP contribution is 2.32. The van der Waals surface area contributed by atoms with Crippen molar-refractivity contribution in [3.05, 3.63) is 29.8 Å². The highest BCUT2D eigenvalue weighted by atomic mass is 79.9. The molecular weight excluding hydrogens is 288 g/mol. The first kappa shape index (κ1) is 13.9. The lowest BCUT2D eigenvalue weighted by atomic mass is 9.93. The molecule has 100 valence electrons. The Morgan fingerprint density at radius 2 is 1.83 bits per heavy atom. The van der Waals surface area contributed by atoms with Gasteiger partial charge in [0.2, 0.25) is 0 Å². The molecule has 1 aromatic carbocycles. The molecule has 1 nitrogen and oxygen atoms in total. The summed E-state index contributed by atoms with van der Waals surface area (Å²) < 4.78 is 5.19. The van der Waals surface area contributed by atoms with E-state index in [-0.39, 0.29) is 0 Å². The number of rotatable bonds is 4. The molecule has 1 aliphatic carbocycles. The van der Waals surface area contributed by atoms with E-state index in [4.69, 9.17) is 4.74 Å². The summed E-state index contributed by atoms with van der Waals surface area (Å²) in [6.45, 7) is 0. The van der Waals surface area contributed by atoms with Crippen LogP contribution in [-0.4, -0.2) is 11.9 Å². The van der Waals surface area contributed by atoms with Crippen LogP contribution in [0.2, 0.25) is 0 Å². The molecule has 0 aromatic heterocycles. The highest BCUT2D eigenvalue weighted by Gasteiger charge is 2.20. The Kier molecular flexibility index (Phi) is 5.55. The second kappa shape index (κ2) is 7.18. The van der Waals surface area contributed by atoms with E-state index in [0.29, 0.717) is 0 Å². The van der Waals surface area contributed by atoms with E-state index in [2.05, 4.69) is 40.2 Å². The van der Waals surface area contributed by atoms with Crippen LogP contribution in [0.25, 0.3) is 0 Å². The van der Waals surface area contributed by atoms with Gasteiger partial charge in [-0.1, -0.05) is 47.3 Å². The van der Waals surface area contributed by atoms with Gasteiger partial charge in [0.25, 0.3) is 0 Å². The maximum Gasteiger partial charge on any atom is 0.118 e. The minimum Gasteiger partial charge on any atom is -0.497 e. The lowest BCUT2D eigenvalue weighted by Gasteiger charge is -2.19. The smallest absolute Gasteiger partial charge is 0.118 e. The van der Waals surface area contributed by atoms with Crippen molar-refractivity contribution in [2.75, 3.05) is 7.11 Å². The van der Waals surface area contributed by atoms with E-state index < -0.39 is 0 Å². The first-order chi connectivity index (χ1) is 8.79. The van der Waals surface area contributed by atoms with Crippen molar-refractivity contribution >= 4 is 15.9 Å². The molecule has 0 radical (unpaired) electrons. The summed E-state index contributed by atoms with van der Waals surface area (Å²) in [6.07, 6.45) is 9.48. The molecule has 2 heteroatoms. The zero-order valence-corrected chi connectivity index (χ0v) is 12.8. The standard InChI is InChI=1S/C16H23BrO/c1-18-15-11-8-13(9-12-15)7-10-14-5-3-2-4-6-16(14)17/h8-9,11-12,14,16H,2-7,10H2,1H3. The maximum atomic E-state index is 5.19. The van der Waals surface area contributed by atoms with Crippen LogP contribution in [0.5, 0.6) is 5.75 Å². The van der Waals surface area contributed by atoms with Crippen LogP contribution in [-0.2, 0) is 6.42 Å². The van der Waals surface area contributed by atoms with Gasteiger partial charge in [-0.3, -0.25) is 0 Å². The van der Waals surface area contributed by atoms with Crippen molar-refractivity contribution in [2.24, 2.45) is 5.92 Å². The molecule has 0 spiro atoms. The van der Waals surface area contributed by atoms with Crippen LogP contribution in [0.1, 0.15) is 44.1 Å². The summed E-state index contributed by atoms with van der Waals surface area (Å²) >= 11 is 3.88. The lowest BCUT2D eigenvalue weighted by Crippen LogP contribution is -2.13. The summed E-state index contributed by atoms with van der Waals surface area (Å²) in [5.41, 5.74) is 1.43. The van der Waals surface area contributed by atoms with Gasteiger partial charge < -0.3 is 4.74 Å².